The maximum atomic E-state index is 13.6. The molecule has 2 aliphatic rings. The standard InChI is InChI=1S/C21H22BrF4N2O3/c1-11(2)17-8-13-6-12(19(29)30-3)4-5-16(13)18(28-17)14-7-15(10-27-9-14)31-21(25,26)20(22,23)24/h7,9-12H,4-6,8H2,1-3H3/q+1/t12-/m1/s1. The molecule has 0 amide bonds. The predicted molar refractivity (Wildman–Crippen MR) is 111 cm³/mol. The van der Waals surface area contributed by atoms with Gasteiger partial charge in [-0.3, -0.25) is 9.78 Å². The molecule has 0 aromatic carbocycles. The molecular weight excluding hydrogens is 484 g/mol. The first kappa shape index (κ1) is 23.5. The average molecular weight is 506 g/mol. The van der Waals surface area contributed by atoms with Gasteiger partial charge in [0.25, 0.3) is 5.71 Å². The number of rotatable bonds is 6. The Balaban J connectivity index is 2.01. The molecule has 1 aliphatic carbocycles. The van der Waals surface area contributed by atoms with Crippen LogP contribution in [0.2, 0.25) is 0 Å². The Labute approximate surface area is 185 Å². The molecule has 0 unspecified atom stereocenters. The molecule has 31 heavy (non-hydrogen) atoms. The van der Waals surface area contributed by atoms with E-state index < -0.39 is 16.7 Å². The Morgan fingerprint density at radius 3 is 2.61 bits per heavy atom. The normalized spacial score (nSPS) is 19.6. The molecule has 168 valence electrons. The SMILES string of the molecule is COC(=O)[C@@H]1CCC2=C(CC(C(C)C)=[N+]=C2c2cncc(OC(F)(F)C(F)(F)Br)c2)C1. The molecule has 0 saturated carbocycles. The number of methoxy groups -OCH3 is 1. The summed E-state index contributed by atoms with van der Waals surface area (Å²) in [6, 6.07) is 1.22. The number of hydrogen-bond donors (Lipinski definition) is 0. The highest BCUT2D eigenvalue weighted by Crippen LogP contribution is 2.41. The lowest BCUT2D eigenvalue weighted by Crippen LogP contribution is -2.40. The fourth-order valence-electron chi connectivity index (χ4n) is 3.70. The van der Waals surface area contributed by atoms with Crippen LogP contribution in [0, 0.1) is 11.8 Å². The number of ether oxygens (including phenoxy) is 2. The van der Waals surface area contributed by atoms with Crippen molar-refractivity contribution in [2.45, 2.75) is 50.5 Å². The zero-order valence-electron chi connectivity index (χ0n) is 17.2. The summed E-state index contributed by atoms with van der Waals surface area (Å²) in [6.45, 7) is 3.97. The van der Waals surface area contributed by atoms with Crippen LogP contribution in [0.3, 0.4) is 0 Å². The van der Waals surface area contributed by atoms with Crippen molar-refractivity contribution in [2.75, 3.05) is 7.11 Å². The molecule has 0 radical (unpaired) electrons. The molecule has 1 aliphatic heterocycles. The van der Waals surface area contributed by atoms with Crippen LogP contribution in [-0.4, -0.2) is 40.4 Å². The third-order valence-corrected chi connectivity index (χ3v) is 5.82. The van der Waals surface area contributed by atoms with Crippen molar-refractivity contribution in [2.24, 2.45) is 11.8 Å². The van der Waals surface area contributed by atoms with Crippen LogP contribution in [0.1, 0.15) is 45.1 Å². The summed E-state index contributed by atoms with van der Waals surface area (Å²) in [7, 11) is 1.36. The number of hydrogen-bond acceptors (Lipinski definition) is 4. The van der Waals surface area contributed by atoms with Crippen molar-refractivity contribution in [3.8, 4) is 5.75 Å². The lowest BCUT2D eigenvalue weighted by Gasteiger charge is -2.25. The van der Waals surface area contributed by atoms with Crippen molar-refractivity contribution in [3.63, 3.8) is 0 Å². The molecular formula is C21H22BrF4N2O3+. The van der Waals surface area contributed by atoms with E-state index in [9.17, 15) is 22.4 Å². The lowest BCUT2D eigenvalue weighted by molar-refractivity contribution is -0.266. The molecule has 2 heterocycles. The minimum absolute atomic E-state index is 0.117. The van der Waals surface area contributed by atoms with E-state index in [1.165, 1.54) is 19.4 Å². The van der Waals surface area contributed by atoms with E-state index in [0.29, 0.717) is 37.0 Å². The number of carbonyl (C=O) groups is 1. The van der Waals surface area contributed by atoms with Gasteiger partial charge in [-0.1, -0.05) is 18.5 Å². The fourth-order valence-corrected chi connectivity index (χ4v) is 3.78. The Kier molecular flexibility index (Phi) is 6.62. The van der Waals surface area contributed by atoms with E-state index in [2.05, 4.69) is 9.72 Å². The molecule has 1 aromatic rings. The van der Waals surface area contributed by atoms with Gasteiger partial charge in [-0.05, 0) is 30.9 Å². The van der Waals surface area contributed by atoms with Gasteiger partial charge in [-0.25, -0.2) is 0 Å². The van der Waals surface area contributed by atoms with E-state index in [-0.39, 0.29) is 17.8 Å². The van der Waals surface area contributed by atoms with Crippen LogP contribution in [0.5, 0.6) is 5.75 Å². The Morgan fingerprint density at radius 1 is 1.29 bits per heavy atom. The zero-order chi connectivity index (χ0) is 23.0. The van der Waals surface area contributed by atoms with Crippen molar-refractivity contribution in [3.05, 3.63) is 35.2 Å². The van der Waals surface area contributed by atoms with E-state index in [1.807, 2.05) is 13.8 Å². The molecule has 0 bridgehead atoms. The Morgan fingerprint density at radius 2 is 2.00 bits per heavy atom. The number of aromatic nitrogens is 1. The zero-order valence-corrected chi connectivity index (χ0v) is 18.8. The van der Waals surface area contributed by atoms with Gasteiger partial charge in [0.1, 0.15) is 5.75 Å². The summed E-state index contributed by atoms with van der Waals surface area (Å²) in [4.78, 5) is 11.4. The molecule has 1 aromatic heterocycles. The predicted octanol–water partition coefficient (Wildman–Crippen LogP) is 4.67. The van der Waals surface area contributed by atoms with Gasteiger partial charge in [0.05, 0.1) is 37.1 Å². The van der Waals surface area contributed by atoms with Crippen LogP contribution in [0.25, 0.3) is 0 Å². The first-order chi connectivity index (χ1) is 14.4. The van der Waals surface area contributed by atoms with Crippen LogP contribution >= 0.6 is 15.9 Å². The van der Waals surface area contributed by atoms with Crippen LogP contribution in [-0.2, 0) is 9.53 Å². The van der Waals surface area contributed by atoms with E-state index in [4.69, 9.17) is 9.40 Å². The molecule has 5 nitrogen and oxygen atoms in total. The van der Waals surface area contributed by atoms with Crippen LogP contribution < -0.4 is 9.40 Å². The molecule has 10 heteroatoms. The van der Waals surface area contributed by atoms with Crippen LogP contribution in [0.4, 0.5) is 17.6 Å². The first-order valence-electron chi connectivity index (χ1n) is 9.75. The van der Waals surface area contributed by atoms with Gasteiger partial charge >= 0.3 is 22.6 Å². The largest absolute Gasteiger partial charge is 0.475 e. The smallest absolute Gasteiger partial charge is 0.469 e. The number of pyridine rings is 1. The summed E-state index contributed by atoms with van der Waals surface area (Å²) < 4.78 is 67.3. The topological polar surface area (TPSA) is 62.5 Å². The molecule has 0 saturated heterocycles. The summed E-state index contributed by atoms with van der Waals surface area (Å²) in [5, 5.41) is 0. The number of allylic oxidation sites excluding steroid dienone is 2. The molecule has 0 spiro atoms. The lowest BCUT2D eigenvalue weighted by atomic mass is 9.77. The summed E-state index contributed by atoms with van der Waals surface area (Å²) in [5.74, 6) is -0.904. The summed E-state index contributed by atoms with van der Waals surface area (Å²) >= 11 is 1.64. The van der Waals surface area contributed by atoms with Gasteiger partial charge in [-0.15, -0.1) is 0 Å². The van der Waals surface area contributed by atoms with Gasteiger partial charge in [0.15, 0.2) is 0 Å². The molecule has 0 N–H and O–H groups in total. The highest BCUT2D eigenvalue weighted by atomic mass is 79.9. The minimum Gasteiger partial charge on any atom is -0.469 e. The van der Waals surface area contributed by atoms with Crippen molar-refractivity contribution >= 4 is 33.3 Å². The summed E-state index contributed by atoms with van der Waals surface area (Å²) in [6.07, 6.45) is -0.137. The van der Waals surface area contributed by atoms with Gasteiger partial charge < -0.3 is 9.47 Å². The maximum absolute atomic E-state index is 13.6. The monoisotopic (exact) mass is 505 g/mol. The number of alkyl halides is 5. The molecule has 0 fully saturated rings. The first-order valence-corrected chi connectivity index (χ1v) is 10.5. The molecule has 3 rings (SSSR count). The van der Waals surface area contributed by atoms with E-state index in [1.54, 1.807) is 15.9 Å². The van der Waals surface area contributed by atoms with Crippen molar-refractivity contribution in [1.29, 1.82) is 0 Å². The molecule has 1 atom stereocenters. The number of halogens is 5. The maximum Gasteiger partial charge on any atom is 0.475 e. The van der Waals surface area contributed by atoms with Gasteiger partial charge in [-0.2, -0.15) is 17.6 Å². The van der Waals surface area contributed by atoms with Gasteiger partial charge in [0, 0.05) is 27.7 Å². The van der Waals surface area contributed by atoms with E-state index >= 15 is 0 Å². The third-order valence-electron chi connectivity index (χ3n) is 5.36. The number of carbonyl (C=O) groups excluding carboxylic acids is 1. The average Bonchev–Trinajstić information content (AvgIpc) is 2.70. The second-order valence-corrected chi connectivity index (χ2v) is 8.85. The van der Waals surface area contributed by atoms with Crippen molar-refractivity contribution < 1.29 is 31.8 Å². The quantitative estimate of drug-likeness (QED) is 0.244. The second kappa shape index (κ2) is 8.74. The highest BCUT2D eigenvalue weighted by Gasteiger charge is 2.58. The van der Waals surface area contributed by atoms with Crippen molar-refractivity contribution in [1.82, 2.24) is 9.65 Å². The van der Waals surface area contributed by atoms with E-state index in [0.717, 1.165) is 23.1 Å². The van der Waals surface area contributed by atoms with Gasteiger partial charge in [0.2, 0.25) is 0 Å². The third kappa shape index (κ3) is 5.01. The highest BCUT2D eigenvalue weighted by molar-refractivity contribution is 9.10. The second-order valence-electron chi connectivity index (χ2n) is 7.85. The Hall–Kier alpha value is -2.19. The van der Waals surface area contributed by atoms with Crippen LogP contribution in [0.15, 0.2) is 29.6 Å². The number of nitrogens with zero attached hydrogens (tertiary/aromatic N) is 2. The minimum atomic E-state index is -4.76. The summed E-state index contributed by atoms with van der Waals surface area (Å²) in [5.41, 5.74) is 3.76. The number of esters is 1. The fraction of sp³-hybridized carbons (Fsp3) is 0.524. The Bertz CT molecular complexity index is 979.